The molecule has 0 unspecified atom stereocenters. The molecule has 1 rings (SSSR count). The van der Waals surface area contributed by atoms with Crippen molar-refractivity contribution in [3.63, 3.8) is 0 Å². The number of rotatable bonds is 2. The van der Waals surface area contributed by atoms with E-state index in [-0.39, 0.29) is 26.8 Å². The summed E-state index contributed by atoms with van der Waals surface area (Å²) in [7, 11) is 0. The number of benzene rings is 1. The van der Waals surface area contributed by atoms with Crippen molar-refractivity contribution in [1.29, 1.82) is 0 Å². The maximum atomic E-state index is 9.14. The molecule has 2 nitrogen and oxygen atoms in total. The second-order valence-electron chi connectivity index (χ2n) is 2.43. The highest BCUT2D eigenvalue weighted by Gasteiger charge is 2.10. The molecule has 1 aromatic carbocycles. The summed E-state index contributed by atoms with van der Waals surface area (Å²) in [6.45, 7) is 1.71. The summed E-state index contributed by atoms with van der Waals surface area (Å²) in [6.07, 6.45) is 1.56. The third kappa shape index (κ3) is 2.71. The molecule has 14 heavy (non-hydrogen) atoms. The summed E-state index contributed by atoms with van der Waals surface area (Å²) in [5.41, 5.74) is 0. The van der Waals surface area contributed by atoms with E-state index in [1.807, 2.05) is 0 Å². The molecule has 0 spiro atoms. The number of phenols is 1. The molecular formula is C9H7Cl3O2. The average molecular weight is 254 g/mol. The fraction of sp³-hybridized carbons (Fsp3) is 0.111. The highest BCUT2D eigenvalue weighted by Crippen LogP contribution is 2.37. The van der Waals surface area contributed by atoms with Crippen LogP contribution in [-0.2, 0) is 0 Å². The number of phenolic OH excluding ortho intramolecular Hbond substituents is 1. The predicted molar refractivity (Wildman–Crippen MR) is 58.4 cm³/mol. The molecule has 5 heteroatoms. The Morgan fingerprint density at radius 1 is 1.36 bits per heavy atom. The summed E-state index contributed by atoms with van der Waals surface area (Å²) in [5.74, 6) is 0.207. The molecule has 0 fully saturated rings. The van der Waals surface area contributed by atoms with E-state index in [0.717, 1.165) is 0 Å². The Morgan fingerprint density at radius 3 is 2.29 bits per heavy atom. The standard InChI is InChI=1S/C9H7Cl3O2/c1-2-8(12)14-9-6(10)3-5(13)4-7(9)11/h2-4,13H,1H3. The van der Waals surface area contributed by atoms with E-state index in [1.165, 1.54) is 12.1 Å². The van der Waals surface area contributed by atoms with Crippen molar-refractivity contribution in [2.75, 3.05) is 0 Å². The van der Waals surface area contributed by atoms with E-state index in [4.69, 9.17) is 44.6 Å². The SMILES string of the molecule is CC=C(Cl)Oc1c(Cl)cc(O)cc1Cl. The molecule has 0 saturated heterocycles. The van der Waals surface area contributed by atoms with Crippen LogP contribution in [0.3, 0.4) is 0 Å². The topological polar surface area (TPSA) is 29.5 Å². The third-order valence-corrected chi connectivity index (χ3v) is 2.27. The lowest BCUT2D eigenvalue weighted by molar-refractivity contribution is 0.453. The first-order valence-electron chi connectivity index (χ1n) is 3.72. The Morgan fingerprint density at radius 2 is 1.86 bits per heavy atom. The highest BCUT2D eigenvalue weighted by molar-refractivity contribution is 6.37. The lowest BCUT2D eigenvalue weighted by atomic mass is 10.3. The van der Waals surface area contributed by atoms with Gasteiger partial charge in [0.25, 0.3) is 0 Å². The molecule has 76 valence electrons. The molecule has 1 N–H and O–H groups in total. The Hall–Kier alpha value is -0.570. The Kier molecular flexibility index (Phi) is 3.93. The van der Waals surface area contributed by atoms with Crippen LogP contribution in [0.1, 0.15) is 6.92 Å². The van der Waals surface area contributed by atoms with Gasteiger partial charge in [0.05, 0.1) is 10.0 Å². The van der Waals surface area contributed by atoms with Gasteiger partial charge in [-0.05, 0) is 24.6 Å². The molecule has 0 aliphatic carbocycles. The Labute approximate surface area is 96.7 Å². The molecule has 0 aliphatic rings. The molecule has 0 heterocycles. The van der Waals surface area contributed by atoms with Crippen LogP contribution in [0.15, 0.2) is 23.4 Å². The first-order chi connectivity index (χ1) is 6.54. The summed E-state index contributed by atoms with van der Waals surface area (Å²) >= 11 is 17.2. The van der Waals surface area contributed by atoms with Gasteiger partial charge in [0.2, 0.25) is 0 Å². The minimum absolute atomic E-state index is 0.0241. The smallest absolute Gasteiger partial charge is 0.189 e. The third-order valence-electron chi connectivity index (χ3n) is 1.41. The molecular weight excluding hydrogens is 246 g/mol. The van der Waals surface area contributed by atoms with Gasteiger partial charge in [0, 0.05) is 12.1 Å². The van der Waals surface area contributed by atoms with Crippen molar-refractivity contribution in [3.05, 3.63) is 33.5 Å². The molecule has 0 saturated carbocycles. The number of hydrogen-bond acceptors (Lipinski definition) is 2. The first kappa shape index (κ1) is 11.5. The zero-order chi connectivity index (χ0) is 10.7. The van der Waals surface area contributed by atoms with E-state index < -0.39 is 0 Å². The van der Waals surface area contributed by atoms with Crippen molar-refractivity contribution in [1.82, 2.24) is 0 Å². The van der Waals surface area contributed by atoms with Crippen molar-refractivity contribution < 1.29 is 9.84 Å². The van der Waals surface area contributed by atoms with E-state index in [0.29, 0.717) is 0 Å². The van der Waals surface area contributed by atoms with Crippen LogP contribution in [0.25, 0.3) is 0 Å². The van der Waals surface area contributed by atoms with E-state index in [2.05, 4.69) is 0 Å². The zero-order valence-corrected chi connectivity index (χ0v) is 9.49. The highest BCUT2D eigenvalue weighted by atomic mass is 35.5. The first-order valence-corrected chi connectivity index (χ1v) is 4.85. The molecule has 0 bridgehead atoms. The van der Waals surface area contributed by atoms with Crippen LogP contribution in [-0.4, -0.2) is 5.11 Å². The van der Waals surface area contributed by atoms with Crippen molar-refractivity contribution in [2.45, 2.75) is 6.92 Å². The van der Waals surface area contributed by atoms with Gasteiger partial charge in [0.1, 0.15) is 5.75 Å². The largest absolute Gasteiger partial charge is 0.508 e. The van der Waals surface area contributed by atoms with Gasteiger partial charge in [-0.25, -0.2) is 0 Å². The maximum Gasteiger partial charge on any atom is 0.189 e. The van der Waals surface area contributed by atoms with Crippen LogP contribution in [0.4, 0.5) is 0 Å². The van der Waals surface area contributed by atoms with Gasteiger partial charge in [-0.3, -0.25) is 0 Å². The van der Waals surface area contributed by atoms with Gasteiger partial charge in [-0.1, -0.05) is 23.2 Å². The molecule has 1 aromatic rings. The van der Waals surface area contributed by atoms with Crippen LogP contribution in [0.2, 0.25) is 10.0 Å². The Balaban J connectivity index is 3.09. The van der Waals surface area contributed by atoms with Gasteiger partial charge in [-0.15, -0.1) is 0 Å². The van der Waals surface area contributed by atoms with Crippen LogP contribution < -0.4 is 4.74 Å². The second-order valence-corrected chi connectivity index (χ2v) is 3.62. The summed E-state index contributed by atoms with van der Waals surface area (Å²) in [4.78, 5) is 0. The average Bonchev–Trinajstić information content (AvgIpc) is 2.10. The number of aromatic hydroxyl groups is 1. The minimum atomic E-state index is -0.0241. The number of hydrogen-bond donors (Lipinski definition) is 1. The normalized spacial score (nSPS) is 11.6. The van der Waals surface area contributed by atoms with Gasteiger partial charge >= 0.3 is 0 Å². The van der Waals surface area contributed by atoms with Crippen LogP contribution in [0.5, 0.6) is 11.5 Å². The van der Waals surface area contributed by atoms with Crippen molar-refractivity contribution in [3.8, 4) is 11.5 Å². The van der Waals surface area contributed by atoms with Crippen LogP contribution >= 0.6 is 34.8 Å². The predicted octanol–water partition coefficient (Wildman–Crippen LogP) is 4.18. The lowest BCUT2D eigenvalue weighted by Crippen LogP contribution is -1.89. The van der Waals surface area contributed by atoms with Gasteiger partial charge in [-0.2, -0.15) is 0 Å². The van der Waals surface area contributed by atoms with Gasteiger partial charge < -0.3 is 9.84 Å². The summed E-state index contributed by atoms with van der Waals surface area (Å²) in [5, 5.41) is 9.71. The van der Waals surface area contributed by atoms with E-state index in [9.17, 15) is 0 Å². The molecule has 0 aliphatic heterocycles. The summed E-state index contributed by atoms with van der Waals surface area (Å²) in [6, 6.07) is 2.64. The monoisotopic (exact) mass is 252 g/mol. The summed E-state index contributed by atoms with van der Waals surface area (Å²) < 4.78 is 5.13. The molecule has 0 amide bonds. The molecule has 0 aromatic heterocycles. The maximum absolute atomic E-state index is 9.14. The van der Waals surface area contributed by atoms with E-state index >= 15 is 0 Å². The second kappa shape index (κ2) is 4.78. The number of ether oxygens (including phenoxy) is 1. The quantitative estimate of drug-likeness (QED) is 0.801. The zero-order valence-electron chi connectivity index (χ0n) is 7.22. The van der Waals surface area contributed by atoms with E-state index in [1.54, 1.807) is 13.0 Å². The van der Waals surface area contributed by atoms with Crippen molar-refractivity contribution >= 4 is 34.8 Å². The molecule has 0 atom stereocenters. The van der Waals surface area contributed by atoms with Gasteiger partial charge in [0.15, 0.2) is 11.0 Å². The number of halogens is 3. The lowest BCUT2D eigenvalue weighted by Gasteiger charge is -2.08. The van der Waals surface area contributed by atoms with Crippen molar-refractivity contribution in [2.24, 2.45) is 0 Å². The number of allylic oxidation sites excluding steroid dienone is 1. The molecule has 0 radical (unpaired) electrons. The minimum Gasteiger partial charge on any atom is -0.508 e. The Bertz CT molecular complexity index is 351. The van der Waals surface area contributed by atoms with Crippen LogP contribution in [0, 0.1) is 0 Å². The fourth-order valence-corrected chi connectivity index (χ4v) is 1.43. The fourth-order valence-electron chi connectivity index (χ4n) is 0.800.